The van der Waals surface area contributed by atoms with E-state index in [0.717, 1.165) is 37.1 Å². The number of amides is 1. The zero-order valence-corrected chi connectivity index (χ0v) is 14.9. The molecule has 1 fully saturated rings. The molecule has 0 atom stereocenters. The van der Waals surface area contributed by atoms with E-state index in [1.165, 1.54) is 5.69 Å². The van der Waals surface area contributed by atoms with Gasteiger partial charge in [-0.3, -0.25) is 4.79 Å². The summed E-state index contributed by atoms with van der Waals surface area (Å²) in [5, 5.41) is 1.61. The Morgan fingerprint density at radius 3 is 2.36 bits per heavy atom. The average molecular weight is 354 g/mol. The molecule has 0 radical (unpaired) electrons. The van der Waals surface area contributed by atoms with Crippen LogP contribution < -0.4 is 4.90 Å². The van der Waals surface area contributed by atoms with Gasteiger partial charge in [-0.1, -0.05) is 35.9 Å². The van der Waals surface area contributed by atoms with Gasteiger partial charge < -0.3 is 14.4 Å². The Bertz CT molecular complexity index is 911. The monoisotopic (exact) mass is 353 g/mol. The van der Waals surface area contributed by atoms with E-state index >= 15 is 0 Å². The van der Waals surface area contributed by atoms with Gasteiger partial charge in [0.25, 0.3) is 5.91 Å². The molecule has 0 aliphatic carbocycles. The van der Waals surface area contributed by atoms with Gasteiger partial charge >= 0.3 is 0 Å². The van der Waals surface area contributed by atoms with E-state index < -0.39 is 0 Å². The number of benzene rings is 2. The summed E-state index contributed by atoms with van der Waals surface area (Å²) in [6.07, 6.45) is 0. The topological polar surface area (TPSA) is 28.5 Å². The summed E-state index contributed by atoms with van der Waals surface area (Å²) >= 11 is 6.27. The Morgan fingerprint density at radius 1 is 0.960 bits per heavy atom. The minimum atomic E-state index is 0.0717. The lowest BCUT2D eigenvalue weighted by atomic mass is 10.2. The Balaban J connectivity index is 1.53. The number of halogens is 1. The maximum absolute atomic E-state index is 13.0. The van der Waals surface area contributed by atoms with Crippen molar-refractivity contribution in [3.63, 3.8) is 0 Å². The van der Waals surface area contributed by atoms with Gasteiger partial charge in [-0.15, -0.1) is 0 Å². The van der Waals surface area contributed by atoms with E-state index in [0.29, 0.717) is 10.7 Å². The third-order valence-corrected chi connectivity index (χ3v) is 5.27. The number of piperazine rings is 1. The van der Waals surface area contributed by atoms with Crippen LogP contribution in [0.3, 0.4) is 0 Å². The highest BCUT2D eigenvalue weighted by Gasteiger charge is 2.25. The van der Waals surface area contributed by atoms with Crippen molar-refractivity contribution in [1.82, 2.24) is 9.47 Å². The largest absolute Gasteiger partial charge is 0.368 e. The van der Waals surface area contributed by atoms with Crippen molar-refractivity contribution in [3.8, 4) is 0 Å². The lowest BCUT2D eigenvalue weighted by Crippen LogP contribution is -2.49. The highest BCUT2D eigenvalue weighted by molar-refractivity contribution is 6.35. The van der Waals surface area contributed by atoms with Crippen molar-refractivity contribution in [1.29, 1.82) is 0 Å². The normalized spacial score (nSPS) is 15.0. The number of anilines is 1. The van der Waals surface area contributed by atoms with Crippen LogP contribution >= 0.6 is 11.6 Å². The minimum absolute atomic E-state index is 0.0717. The SMILES string of the molecule is Cn1c(C(=O)N2CCN(c3ccccc3)CC2)cc2c(Cl)cccc21. The fraction of sp³-hybridized carbons (Fsp3) is 0.250. The van der Waals surface area contributed by atoms with Crippen molar-refractivity contribution in [2.45, 2.75) is 0 Å². The number of aromatic nitrogens is 1. The van der Waals surface area contributed by atoms with E-state index in [1.54, 1.807) is 0 Å². The molecule has 25 heavy (non-hydrogen) atoms. The van der Waals surface area contributed by atoms with Gasteiger partial charge in [-0.25, -0.2) is 0 Å². The first-order chi connectivity index (χ1) is 12.1. The van der Waals surface area contributed by atoms with E-state index in [-0.39, 0.29) is 5.91 Å². The summed E-state index contributed by atoms with van der Waals surface area (Å²) in [6.45, 7) is 3.15. The molecule has 0 unspecified atom stereocenters. The summed E-state index contributed by atoms with van der Waals surface area (Å²) < 4.78 is 1.94. The van der Waals surface area contributed by atoms with Crippen LogP contribution in [-0.2, 0) is 7.05 Å². The molecule has 1 aromatic heterocycles. The fourth-order valence-corrected chi connectivity index (χ4v) is 3.72. The number of carbonyl (C=O) groups is 1. The predicted molar refractivity (Wildman–Crippen MR) is 102 cm³/mol. The summed E-state index contributed by atoms with van der Waals surface area (Å²) in [4.78, 5) is 17.2. The molecule has 128 valence electrons. The molecule has 0 N–H and O–H groups in total. The standard InChI is InChI=1S/C20H20ClN3O/c1-22-18-9-5-8-17(21)16(18)14-19(22)20(25)24-12-10-23(11-13-24)15-6-3-2-4-7-15/h2-9,14H,10-13H2,1H3. The average Bonchev–Trinajstić information content (AvgIpc) is 3.00. The summed E-state index contributed by atoms with van der Waals surface area (Å²) in [6, 6.07) is 18.0. The summed E-state index contributed by atoms with van der Waals surface area (Å²) in [7, 11) is 1.92. The van der Waals surface area contributed by atoms with Crippen molar-refractivity contribution in [2.75, 3.05) is 31.1 Å². The number of para-hydroxylation sites is 1. The van der Waals surface area contributed by atoms with Crippen molar-refractivity contribution < 1.29 is 4.79 Å². The third-order valence-electron chi connectivity index (χ3n) is 4.94. The van der Waals surface area contributed by atoms with Gasteiger partial charge in [0, 0.05) is 54.8 Å². The van der Waals surface area contributed by atoms with Gasteiger partial charge in [-0.2, -0.15) is 0 Å². The molecule has 4 rings (SSSR count). The van der Waals surface area contributed by atoms with Gasteiger partial charge in [-0.05, 0) is 30.3 Å². The first kappa shape index (κ1) is 16.0. The maximum Gasteiger partial charge on any atom is 0.270 e. The van der Waals surface area contributed by atoms with Gasteiger partial charge in [0.05, 0.1) is 0 Å². The molecular formula is C20H20ClN3O. The number of carbonyl (C=O) groups excluding carboxylic acids is 1. The molecule has 1 amide bonds. The van der Waals surface area contributed by atoms with E-state index in [9.17, 15) is 4.79 Å². The first-order valence-electron chi connectivity index (χ1n) is 8.48. The van der Waals surface area contributed by atoms with Gasteiger partial charge in [0.15, 0.2) is 0 Å². The van der Waals surface area contributed by atoms with Crippen LogP contribution in [0, 0.1) is 0 Å². The second-order valence-electron chi connectivity index (χ2n) is 6.38. The minimum Gasteiger partial charge on any atom is -0.368 e. The molecule has 0 spiro atoms. The van der Waals surface area contributed by atoms with Crippen LogP contribution in [0.15, 0.2) is 54.6 Å². The second kappa shape index (κ2) is 6.45. The molecule has 1 aliphatic rings. The Morgan fingerprint density at radius 2 is 1.68 bits per heavy atom. The van der Waals surface area contributed by atoms with E-state index in [4.69, 9.17) is 11.6 Å². The van der Waals surface area contributed by atoms with Crippen LogP contribution in [0.4, 0.5) is 5.69 Å². The summed E-state index contributed by atoms with van der Waals surface area (Å²) in [5.74, 6) is 0.0717. The van der Waals surface area contributed by atoms with Crippen LogP contribution in [0.2, 0.25) is 5.02 Å². The Labute approximate surface area is 152 Å². The zero-order valence-electron chi connectivity index (χ0n) is 14.2. The number of aryl methyl sites for hydroxylation is 1. The lowest BCUT2D eigenvalue weighted by Gasteiger charge is -2.36. The number of fused-ring (bicyclic) bond motifs is 1. The molecule has 0 bridgehead atoms. The Kier molecular flexibility index (Phi) is 4.14. The maximum atomic E-state index is 13.0. The lowest BCUT2D eigenvalue weighted by molar-refractivity contribution is 0.0737. The molecule has 4 nitrogen and oxygen atoms in total. The molecule has 5 heteroatoms. The first-order valence-corrected chi connectivity index (χ1v) is 8.86. The molecule has 2 aromatic carbocycles. The highest BCUT2D eigenvalue weighted by Crippen LogP contribution is 2.27. The van der Waals surface area contributed by atoms with Crippen molar-refractivity contribution >= 4 is 34.1 Å². The Hall–Kier alpha value is -2.46. The van der Waals surface area contributed by atoms with Crippen molar-refractivity contribution in [2.24, 2.45) is 7.05 Å². The van der Waals surface area contributed by atoms with E-state index in [1.807, 2.05) is 59.0 Å². The molecule has 1 saturated heterocycles. The predicted octanol–water partition coefficient (Wildman–Crippen LogP) is 3.79. The van der Waals surface area contributed by atoms with Crippen LogP contribution in [0.25, 0.3) is 10.9 Å². The van der Waals surface area contributed by atoms with Crippen LogP contribution in [0.5, 0.6) is 0 Å². The second-order valence-corrected chi connectivity index (χ2v) is 6.78. The molecule has 3 aromatic rings. The number of nitrogens with zero attached hydrogens (tertiary/aromatic N) is 3. The molecule has 1 aliphatic heterocycles. The van der Waals surface area contributed by atoms with Crippen molar-refractivity contribution in [3.05, 3.63) is 65.3 Å². The number of hydrogen-bond acceptors (Lipinski definition) is 2. The number of hydrogen-bond donors (Lipinski definition) is 0. The highest BCUT2D eigenvalue weighted by atomic mass is 35.5. The smallest absolute Gasteiger partial charge is 0.270 e. The summed E-state index contributed by atoms with van der Waals surface area (Å²) in [5.41, 5.74) is 2.89. The van der Waals surface area contributed by atoms with Gasteiger partial charge in [0.2, 0.25) is 0 Å². The molecule has 2 heterocycles. The fourth-order valence-electron chi connectivity index (χ4n) is 3.50. The third kappa shape index (κ3) is 2.87. The molecule has 0 saturated carbocycles. The zero-order chi connectivity index (χ0) is 17.4. The van der Waals surface area contributed by atoms with Gasteiger partial charge in [0.1, 0.15) is 5.69 Å². The van der Waals surface area contributed by atoms with Crippen LogP contribution in [0.1, 0.15) is 10.5 Å². The quantitative estimate of drug-likeness (QED) is 0.701. The number of rotatable bonds is 2. The van der Waals surface area contributed by atoms with Crippen LogP contribution in [-0.4, -0.2) is 41.6 Å². The molecular weight excluding hydrogens is 334 g/mol. The van der Waals surface area contributed by atoms with E-state index in [2.05, 4.69) is 17.0 Å².